The molecular formula is C22H35IN2O7. The standard InChI is InChI=1S/C22H35IN2O7/c1-19(2,3)31-15(26)8-13(25-18(29)32-20(4,5)6)16(27)24-14(17(28)30-7)9-21-10-22(23,11-21)12-21/h13-14H,8-12H2,1-7H3,(H,24,27)(H,25,29)/t13-,14-,21?,22?/m0/s1. The van der Waals surface area contributed by atoms with Crippen LogP contribution in [0.15, 0.2) is 0 Å². The van der Waals surface area contributed by atoms with E-state index in [1.54, 1.807) is 41.5 Å². The van der Waals surface area contributed by atoms with Gasteiger partial charge in [0.1, 0.15) is 23.3 Å². The van der Waals surface area contributed by atoms with E-state index in [1.165, 1.54) is 7.11 Å². The smallest absolute Gasteiger partial charge is 0.408 e. The minimum atomic E-state index is -1.27. The monoisotopic (exact) mass is 566 g/mol. The number of hydrogen-bond acceptors (Lipinski definition) is 7. The van der Waals surface area contributed by atoms with Crippen LogP contribution in [0.2, 0.25) is 0 Å². The molecule has 9 nitrogen and oxygen atoms in total. The third kappa shape index (κ3) is 7.48. The zero-order chi connectivity index (χ0) is 24.5. The lowest BCUT2D eigenvalue weighted by Gasteiger charge is -2.69. The minimum Gasteiger partial charge on any atom is -0.467 e. The molecule has 3 saturated carbocycles. The molecule has 0 aromatic heterocycles. The summed E-state index contributed by atoms with van der Waals surface area (Å²) in [5.74, 6) is -1.89. The van der Waals surface area contributed by atoms with E-state index in [4.69, 9.17) is 14.2 Å². The first-order valence-corrected chi connectivity index (χ1v) is 11.8. The lowest BCUT2D eigenvalue weighted by Crippen LogP contribution is -2.65. The Morgan fingerprint density at radius 2 is 1.44 bits per heavy atom. The highest BCUT2D eigenvalue weighted by Crippen LogP contribution is 2.73. The molecule has 32 heavy (non-hydrogen) atoms. The van der Waals surface area contributed by atoms with Crippen molar-refractivity contribution in [2.45, 2.75) is 100 Å². The van der Waals surface area contributed by atoms with E-state index in [0.29, 0.717) is 9.84 Å². The summed E-state index contributed by atoms with van der Waals surface area (Å²) in [7, 11) is 1.26. The summed E-state index contributed by atoms with van der Waals surface area (Å²) in [6.07, 6.45) is 2.21. The summed E-state index contributed by atoms with van der Waals surface area (Å²) in [4.78, 5) is 50.0. The maximum Gasteiger partial charge on any atom is 0.408 e. The zero-order valence-electron chi connectivity index (χ0n) is 19.9. The predicted molar refractivity (Wildman–Crippen MR) is 125 cm³/mol. The Bertz CT molecular complexity index is 719. The predicted octanol–water partition coefficient (Wildman–Crippen LogP) is 3.02. The topological polar surface area (TPSA) is 120 Å². The summed E-state index contributed by atoms with van der Waals surface area (Å²) in [6, 6.07) is -2.13. The Hall–Kier alpha value is -1.59. The highest BCUT2D eigenvalue weighted by Gasteiger charge is 2.66. The van der Waals surface area contributed by atoms with E-state index >= 15 is 0 Å². The van der Waals surface area contributed by atoms with Crippen LogP contribution >= 0.6 is 22.6 Å². The molecule has 3 aliphatic carbocycles. The van der Waals surface area contributed by atoms with Gasteiger partial charge in [-0.15, -0.1) is 0 Å². The SMILES string of the molecule is COC(=O)[C@H](CC12CC(I)(C1)C2)NC(=O)[C@H](CC(=O)OC(C)(C)C)NC(=O)OC(C)(C)C. The van der Waals surface area contributed by atoms with Crippen LogP contribution in [-0.4, -0.2) is 57.8 Å². The molecule has 0 aromatic carbocycles. The molecule has 2 atom stereocenters. The van der Waals surface area contributed by atoms with E-state index in [-0.39, 0.29) is 5.41 Å². The van der Waals surface area contributed by atoms with Crippen molar-refractivity contribution in [3.05, 3.63) is 0 Å². The van der Waals surface area contributed by atoms with Crippen LogP contribution in [0.3, 0.4) is 0 Å². The second kappa shape index (κ2) is 9.34. The van der Waals surface area contributed by atoms with Crippen molar-refractivity contribution in [1.29, 1.82) is 0 Å². The molecule has 3 rings (SSSR count). The fourth-order valence-corrected chi connectivity index (χ4v) is 6.75. The number of halogens is 1. The highest BCUT2D eigenvalue weighted by atomic mass is 127. The Morgan fingerprint density at radius 1 is 0.906 bits per heavy atom. The molecule has 0 spiro atoms. The van der Waals surface area contributed by atoms with Crippen molar-refractivity contribution < 1.29 is 33.4 Å². The van der Waals surface area contributed by atoms with Crippen LogP contribution in [0.1, 0.15) is 73.6 Å². The summed E-state index contributed by atoms with van der Waals surface area (Å²) in [5, 5.41) is 5.10. The Kier molecular flexibility index (Phi) is 7.78. The Balaban J connectivity index is 2.10. The molecule has 0 heterocycles. The van der Waals surface area contributed by atoms with Gasteiger partial charge < -0.3 is 24.8 Å². The van der Waals surface area contributed by atoms with Gasteiger partial charge >= 0.3 is 18.0 Å². The van der Waals surface area contributed by atoms with Crippen molar-refractivity contribution in [2.24, 2.45) is 5.41 Å². The fraction of sp³-hybridized carbons (Fsp3) is 0.818. The molecule has 10 heteroatoms. The number of nitrogens with one attached hydrogen (secondary N) is 2. The number of hydrogen-bond donors (Lipinski definition) is 2. The van der Waals surface area contributed by atoms with E-state index in [9.17, 15) is 19.2 Å². The van der Waals surface area contributed by atoms with Crippen LogP contribution in [0.4, 0.5) is 4.79 Å². The lowest BCUT2D eigenvalue weighted by atomic mass is 9.42. The van der Waals surface area contributed by atoms with Gasteiger partial charge in [-0.05, 0) is 72.6 Å². The first-order valence-electron chi connectivity index (χ1n) is 10.7. The fourth-order valence-electron chi connectivity index (χ4n) is 4.33. The van der Waals surface area contributed by atoms with Crippen molar-refractivity contribution in [3.8, 4) is 0 Å². The average Bonchev–Trinajstić information content (AvgIpc) is 2.53. The summed E-state index contributed by atoms with van der Waals surface area (Å²) in [5.41, 5.74) is -1.50. The Morgan fingerprint density at radius 3 is 1.88 bits per heavy atom. The quantitative estimate of drug-likeness (QED) is 0.201. The number of alkyl carbamates (subject to hydrolysis) is 1. The van der Waals surface area contributed by atoms with Gasteiger partial charge in [0, 0.05) is 3.42 Å². The zero-order valence-corrected chi connectivity index (χ0v) is 22.1. The van der Waals surface area contributed by atoms with Gasteiger partial charge in [-0.2, -0.15) is 0 Å². The van der Waals surface area contributed by atoms with Gasteiger partial charge in [0.15, 0.2) is 0 Å². The largest absolute Gasteiger partial charge is 0.467 e. The number of amides is 2. The molecular weight excluding hydrogens is 531 g/mol. The second-order valence-electron chi connectivity index (χ2n) is 11.0. The molecule has 0 aromatic rings. The number of esters is 2. The number of ether oxygens (including phenoxy) is 3. The first-order chi connectivity index (χ1) is 14.4. The minimum absolute atomic E-state index is 0.0343. The normalized spacial score (nSPS) is 25.9. The summed E-state index contributed by atoms with van der Waals surface area (Å²) >= 11 is 2.44. The van der Waals surface area contributed by atoms with Gasteiger partial charge in [0.2, 0.25) is 5.91 Å². The number of methoxy groups -OCH3 is 1. The van der Waals surface area contributed by atoms with Crippen molar-refractivity contribution in [2.75, 3.05) is 7.11 Å². The van der Waals surface area contributed by atoms with Crippen LogP contribution < -0.4 is 10.6 Å². The molecule has 2 amide bonds. The third-order valence-electron chi connectivity index (χ3n) is 5.31. The maximum absolute atomic E-state index is 13.0. The number of carbonyl (C=O) groups excluding carboxylic acids is 4. The molecule has 0 radical (unpaired) electrons. The van der Waals surface area contributed by atoms with E-state index in [2.05, 4.69) is 33.2 Å². The molecule has 2 N–H and O–H groups in total. The van der Waals surface area contributed by atoms with E-state index in [1.807, 2.05) is 0 Å². The molecule has 0 saturated heterocycles. The second-order valence-corrected chi connectivity index (χ2v) is 13.2. The van der Waals surface area contributed by atoms with Crippen LogP contribution in [-0.2, 0) is 28.6 Å². The third-order valence-corrected chi connectivity index (χ3v) is 6.46. The molecule has 0 unspecified atom stereocenters. The van der Waals surface area contributed by atoms with Gasteiger partial charge in [-0.25, -0.2) is 9.59 Å². The highest BCUT2D eigenvalue weighted by molar-refractivity contribution is 14.1. The summed E-state index contributed by atoms with van der Waals surface area (Å²) in [6.45, 7) is 10.2. The summed E-state index contributed by atoms with van der Waals surface area (Å²) < 4.78 is 15.7. The Labute approximate surface area is 203 Å². The number of rotatable bonds is 8. The maximum atomic E-state index is 13.0. The lowest BCUT2D eigenvalue weighted by molar-refractivity contribution is -0.156. The van der Waals surface area contributed by atoms with Crippen molar-refractivity contribution in [1.82, 2.24) is 10.6 Å². The van der Waals surface area contributed by atoms with Crippen LogP contribution in [0, 0.1) is 5.41 Å². The molecule has 0 aliphatic heterocycles. The number of carbonyl (C=O) groups is 4. The van der Waals surface area contributed by atoms with Gasteiger partial charge in [-0.1, -0.05) is 22.6 Å². The van der Waals surface area contributed by atoms with Gasteiger partial charge in [0.05, 0.1) is 13.5 Å². The van der Waals surface area contributed by atoms with E-state index in [0.717, 1.165) is 19.3 Å². The average molecular weight is 566 g/mol. The molecule has 2 bridgehead atoms. The van der Waals surface area contributed by atoms with Gasteiger partial charge in [-0.3, -0.25) is 9.59 Å². The molecule has 182 valence electrons. The van der Waals surface area contributed by atoms with Gasteiger partial charge in [0.25, 0.3) is 0 Å². The van der Waals surface area contributed by atoms with Crippen LogP contribution in [0.25, 0.3) is 0 Å². The van der Waals surface area contributed by atoms with Crippen molar-refractivity contribution >= 4 is 46.5 Å². The molecule has 3 fully saturated rings. The van der Waals surface area contributed by atoms with Crippen molar-refractivity contribution in [3.63, 3.8) is 0 Å². The molecule has 3 aliphatic rings. The first kappa shape index (κ1) is 26.7. The van der Waals surface area contributed by atoms with Crippen LogP contribution in [0.5, 0.6) is 0 Å². The van der Waals surface area contributed by atoms with E-state index < -0.39 is 53.6 Å². The number of alkyl halides is 1.